The van der Waals surface area contributed by atoms with Crippen LogP contribution in [0.15, 0.2) is 23.0 Å². The molecular formula is C33H51NO4. The van der Waals surface area contributed by atoms with Gasteiger partial charge in [-0.2, -0.15) is 0 Å². The fourth-order valence-electron chi connectivity index (χ4n) is 9.56. The van der Waals surface area contributed by atoms with Crippen LogP contribution in [0.1, 0.15) is 112 Å². The van der Waals surface area contributed by atoms with Gasteiger partial charge >= 0.3 is 5.97 Å². The van der Waals surface area contributed by atoms with Crippen molar-refractivity contribution in [2.24, 2.45) is 40.4 Å². The highest BCUT2D eigenvalue weighted by molar-refractivity contribution is 5.72. The molecule has 3 fully saturated rings. The molecule has 0 aromatic rings. The minimum atomic E-state index is -0.0219. The number of carbonyl (C=O) groups excluding carboxylic acids is 2. The molecule has 0 spiro atoms. The SMILES string of the molecule is CCCC(=O)O[C@H]1CC[C@@]2(C)C(=CC[C@H]3[C@@H]4C[C@H]5OC(CC[C@@H](C)CNC(C)=O)=C(C)[C@@H]5[C@@]4(C)CC[C@@H]32)C1. The Kier molecular flexibility index (Phi) is 7.79. The van der Waals surface area contributed by atoms with Crippen molar-refractivity contribution in [1.29, 1.82) is 0 Å². The van der Waals surface area contributed by atoms with E-state index in [1.807, 2.05) is 6.92 Å². The largest absolute Gasteiger partial charge is 0.494 e. The van der Waals surface area contributed by atoms with Crippen LogP contribution in [0, 0.1) is 40.4 Å². The number of fused-ring (bicyclic) bond motifs is 7. The molecule has 1 N–H and O–H groups in total. The van der Waals surface area contributed by atoms with Crippen molar-refractivity contribution in [3.63, 3.8) is 0 Å². The zero-order chi connectivity index (χ0) is 27.2. The van der Waals surface area contributed by atoms with Gasteiger partial charge in [0.1, 0.15) is 12.2 Å². The molecule has 0 aromatic heterocycles. The maximum atomic E-state index is 12.1. The molecule has 38 heavy (non-hydrogen) atoms. The lowest BCUT2D eigenvalue weighted by Crippen LogP contribution is -2.50. The third kappa shape index (κ3) is 4.85. The van der Waals surface area contributed by atoms with E-state index in [1.165, 1.54) is 37.0 Å². The number of nitrogens with one attached hydrogen (secondary N) is 1. The van der Waals surface area contributed by atoms with E-state index in [9.17, 15) is 9.59 Å². The number of carbonyl (C=O) groups is 2. The van der Waals surface area contributed by atoms with Crippen LogP contribution >= 0.6 is 0 Å². The fourth-order valence-corrected chi connectivity index (χ4v) is 9.56. The quantitative estimate of drug-likeness (QED) is 0.271. The first kappa shape index (κ1) is 27.8. The lowest BCUT2D eigenvalue weighted by atomic mass is 9.47. The number of ether oxygens (including phenoxy) is 2. The second-order valence-electron chi connectivity index (χ2n) is 14.0. The van der Waals surface area contributed by atoms with E-state index in [0.717, 1.165) is 62.8 Å². The van der Waals surface area contributed by atoms with Crippen LogP contribution in [0.25, 0.3) is 0 Å². The highest BCUT2D eigenvalue weighted by Gasteiger charge is 2.63. The van der Waals surface area contributed by atoms with Gasteiger partial charge in [-0.15, -0.1) is 0 Å². The molecule has 1 aliphatic heterocycles. The van der Waals surface area contributed by atoms with Gasteiger partial charge in [0.25, 0.3) is 0 Å². The van der Waals surface area contributed by atoms with Crippen molar-refractivity contribution in [2.45, 2.75) is 124 Å². The van der Waals surface area contributed by atoms with Crippen LogP contribution in [0.4, 0.5) is 0 Å². The van der Waals surface area contributed by atoms with Crippen LogP contribution < -0.4 is 5.32 Å². The van der Waals surface area contributed by atoms with Crippen molar-refractivity contribution in [1.82, 2.24) is 5.32 Å². The van der Waals surface area contributed by atoms with Crippen molar-refractivity contribution >= 4 is 11.9 Å². The Bertz CT molecular complexity index is 999. The molecule has 1 heterocycles. The molecule has 5 aliphatic rings. The lowest BCUT2D eigenvalue weighted by molar-refractivity contribution is -0.151. The average Bonchev–Trinajstić information content (AvgIpc) is 3.34. The van der Waals surface area contributed by atoms with Gasteiger partial charge in [0.15, 0.2) is 0 Å². The van der Waals surface area contributed by atoms with E-state index in [-0.39, 0.29) is 23.4 Å². The molecule has 5 nitrogen and oxygen atoms in total. The molecule has 212 valence electrons. The van der Waals surface area contributed by atoms with E-state index >= 15 is 0 Å². The first-order valence-electron chi connectivity index (χ1n) is 15.6. The summed E-state index contributed by atoms with van der Waals surface area (Å²) in [5, 5.41) is 2.96. The number of allylic oxidation sites excluding steroid dienone is 2. The summed E-state index contributed by atoms with van der Waals surface area (Å²) in [6, 6.07) is 0. The molecule has 5 rings (SSSR count). The molecule has 0 aromatic carbocycles. The number of hydrogen-bond acceptors (Lipinski definition) is 4. The lowest BCUT2D eigenvalue weighted by Gasteiger charge is -2.58. The summed E-state index contributed by atoms with van der Waals surface area (Å²) in [5.41, 5.74) is 3.67. The van der Waals surface area contributed by atoms with Gasteiger partial charge in [-0.1, -0.05) is 39.3 Å². The average molecular weight is 526 g/mol. The normalized spacial score (nSPS) is 40.2. The summed E-state index contributed by atoms with van der Waals surface area (Å²) in [5.74, 6) is 4.49. The predicted octanol–water partition coefficient (Wildman–Crippen LogP) is 7.11. The standard InChI is InChI=1S/C33H51NO4/c1-7-8-30(36)37-24-13-15-32(5)23(17-24)10-11-25-26(32)14-16-33(6)27(25)18-29-31(33)21(3)28(38-29)12-9-20(2)19-34-22(4)35/h10,20,24-27,29,31H,7-9,11-19H2,1-6H3,(H,34,35)/t20-,24+,25-,26+,27+,29-,31+,32+,33+/m1/s1. The monoisotopic (exact) mass is 525 g/mol. The molecule has 9 atom stereocenters. The Morgan fingerprint density at radius 1 is 1.21 bits per heavy atom. The fraction of sp³-hybridized carbons (Fsp3) is 0.818. The van der Waals surface area contributed by atoms with Crippen LogP contribution in [-0.4, -0.2) is 30.6 Å². The summed E-state index contributed by atoms with van der Waals surface area (Å²) in [6.45, 7) is 14.0. The minimum absolute atomic E-state index is 0.0219. The number of amides is 1. The second kappa shape index (κ2) is 10.7. The van der Waals surface area contributed by atoms with Crippen LogP contribution in [0.2, 0.25) is 0 Å². The van der Waals surface area contributed by atoms with Gasteiger partial charge in [0, 0.05) is 38.6 Å². The van der Waals surface area contributed by atoms with Gasteiger partial charge in [0.05, 0.1) is 5.76 Å². The van der Waals surface area contributed by atoms with Crippen LogP contribution in [-0.2, 0) is 19.1 Å². The first-order chi connectivity index (χ1) is 18.1. The van der Waals surface area contributed by atoms with Gasteiger partial charge < -0.3 is 14.8 Å². The van der Waals surface area contributed by atoms with Gasteiger partial charge in [-0.25, -0.2) is 0 Å². The van der Waals surface area contributed by atoms with E-state index < -0.39 is 0 Å². The Hall–Kier alpha value is -1.78. The van der Waals surface area contributed by atoms with Crippen molar-refractivity contribution < 1.29 is 19.1 Å². The van der Waals surface area contributed by atoms with E-state index in [4.69, 9.17) is 9.47 Å². The summed E-state index contributed by atoms with van der Waals surface area (Å²) >= 11 is 0. The Morgan fingerprint density at radius 2 is 2.00 bits per heavy atom. The third-order valence-electron chi connectivity index (χ3n) is 11.6. The number of hydrogen-bond donors (Lipinski definition) is 1. The molecule has 1 amide bonds. The first-order valence-corrected chi connectivity index (χ1v) is 15.6. The number of esters is 1. The molecule has 0 radical (unpaired) electrons. The molecule has 3 saturated carbocycles. The highest BCUT2D eigenvalue weighted by Crippen LogP contribution is 2.69. The van der Waals surface area contributed by atoms with Crippen LogP contribution in [0.3, 0.4) is 0 Å². The van der Waals surface area contributed by atoms with E-state index in [2.05, 4.69) is 39.1 Å². The Morgan fingerprint density at radius 3 is 2.74 bits per heavy atom. The maximum absolute atomic E-state index is 12.1. The zero-order valence-corrected chi connectivity index (χ0v) is 24.7. The highest BCUT2D eigenvalue weighted by atomic mass is 16.5. The molecule has 0 saturated heterocycles. The van der Waals surface area contributed by atoms with Crippen LogP contribution in [0.5, 0.6) is 0 Å². The van der Waals surface area contributed by atoms with Gasteiger partial charge in [-0.3, -0.25) is 9.59 Å². The topological polar surface area (TPSA) is 64.6 Å². The zero-order valence-electron chi connectivity index (χ0n) is 24.7. The molecule has 0 unspecified atom stereocenters. The molecule has 4 aliphatic carbocycles. The minimum Gasteiger partial charge on any atom is -0.494 e. The van der Waals surface area contributed by atoms with Crippen molar-refractivity contribution in [3.05, 3.63) is 23.0 Å². The van der Waals surface area contributed by atoms with E-state index in [0.29, 0.717) is 29.8 Å². The summed E-state index contributed by atoms with van der Waals surface area (Å²) in [6.07, 6.45) is 14.5. The second-order valence-corrected chi connectivity index (χ2v) is 14.0. The molecular weight excluding hydrogens is 474 g/mol. The maximum Gasteiger partial charge on any atom is 0.306 e. The number of rotatable bonds is 8. The van der Waals surface area contributed by atoms with Crippen molar-refractivity contribution in [3.8, 4) is 0 Å². The summed E-state index contributed by atoms with van der Waals surface area (Å²) in [7, 11) is 0. The predicted molar refractivity (Wildman–Crippen MR) is 150 cm³/mol. The van der Waals surface area contributed by atoms with Gasteiger partial charge in [-0.05, 0) is 98.4 Å². The summed E-state index contributed by atoms with van der Waals surface area (Å²) < 4.78 is 12.6. The van der Waals surface area contributed by atoms with Gasteiger partial charge in [0.2, 0.25) is 5.91 Å². The Balaban J connectivity index is 1.26. The van der Waals surface area contributed by atoms with E-state index in [1.54, 1.807) is 12.5 Å². The molecule has 0 bridgehead atoms. The Labute approximate surface area is 230 Å². The van der Waals surface area contributed by atoms with Crippen molar-refractivity contribution in [2.75, 3.05) is 6.54 Å². The third-order valence-corrected chi connectivity index (χ3v) is 11.6. The smallest absolute Gasteiger partial charge is 0.306 e. The summed E-state index contributed by atoms with van der Waals surface area (Å²) in [4.78, 5) is 23.4. The molecule has 5 heteroatoms.